The second-order valence-corrected chi connectivity index (χ2v) is 8.11. The molecular weight excluding hydrogens is 393 g/mol. The quantitative estimate of drug-likeness (QED) is 0.431. The van der Waals surface area contributed by atoms with E-state index in [-0.39, 0.29) is 11.9 Å². The van der Waals surface area contributed by atoms with Gasteiger partial charge in [-0.3, -0.25) is 4.90 Å². The third-order valence-corrected chi connectivity index (χ3v) is 6.13. The molecule has 0 unspecified atom stereocenters. The number of aromatic nitrogens is 4. The molecule has 0 radical (unpaired) electrons. The van der Waals surface area contributed by atoms with E-state index in [4.69, 9.17) is 9.15 Å². The largest absolute Gasteiger partial charge is 0.440 e. The predicted octanol–water partition coefficient (Wildman–Crippen LogP) is 3.47. The molecule has 7 nitrogen and oxygen atoms in total. The Hall–Kier alpha value is -2.23. The third kappa shape index (κ3) is 4.68. The van der Waals surface area contributed by atoms with Crippen molar-refractivity contribution >= 4 is 11.8 Å². The summed E-state index contributed by atoms with van der Waals surface area (Å²) in [5.74, 6) is 2.08. The number of hydrogen-bond acceptors (Lipinski definition) is 7. The fourth-order valence-electron chi connectivity index (χ4n) is 3.39. The molecule has 1 aliphatic rings. The molecule has 0 saturated carbocycles. The zero-order valence-corrected chi connectivity index (χ0v) is 17.4. The molecular formula is C20H24FN5O2S. The molecule has 9 heteroatoms. The number of hydrogen-bond donors (Lipinski definition) is 0. The monoisotopic (exact) mass is 417 g/mol. The summed E-state index contributed by atoms with van der Waals surface area (Å²) < 4.78 is 26.4. The summed E-state index contributed by atoms with van der Waals surface area (Å²) in [7, 11) is 1.94. The predicted molar refractivity (Wildman–Crippen MR) is 108 cm³/mol. The van der Waals surface area contributed by atoms with Gasteiger partial charge in [0, 0.05) is 25.9 Å². The Balaban J connectivity index is 1.26. The van der Waals surface area contributed by atoms with Crippen molar-refractivity contribution in [2.75, 3.05) is 32.0 Å². The van der Waals surface area contributed by atoms with Gasteiger partial charge in [0.2, 0.25) is 5.82 Å². The Kier molecular flexibility index (Phi) is 6.27. The van der Waals surface area contributed by atoms with E-state index < -0.39 is 0 Å². The topological polar surface area (TPSA) is 69.2 Å². The van der Waals surface area contributed by atoms with Crippen molar-refractivity contribution in [3.63, 3.8) is 0 Å². The molecule has 1 saturated heterocycles. The van der Waals surface area contributed by atoms with Crippen molar-refractivity contribution in [2.45, 2.75) is 24.6 Å². The molecule has 29 heavy (non-hydrogen) atoms. The Morgan fingerprint density at radius 1 is 1.24 bits per heavy atom. The number of rotatable bonds is 7. The van der Waals surface area contributed by atoms with Gasteiger partial charge in [-0.05, 0) is 37.6 Å². The Labute approximate surface area is 173 Å². The van der Waals surface area contributed by atoms with E-state index in [0.29, 0.717) is 18.2 Å². The number of morpholine rings is 1. The van der Waals surface area contributed by atoms with Crippen LogP contribution in [-0.2, 0) is 11.8 Å². The van der Waals surface area contributed by atoms with Crippen molar-refractivity contribution in [2.24, 2.45) is 7.05 Å². The van der Waals surface area contributed by atoms with Crippen LogP contribution in [0.4, 0.5) is 4.39 Å². The molecule has 1 aliphatic heterocycles. The standard InChI is InChI=1S/C20H24FN5O2S/c1-14-18(28-13-22-14)19-23-24-20(25(19)2)29-11-3-8-26-9-10-27-17(12-26)15-4-6-16(21)7-5-15/h4-7,13,17H,3,8-12H2,1-2H3/t17-/m1/s1. The lowest BCUT2D eigenvalue weighted by Crippen LogP contribution is -2.39. The first-order chi connectivity index (χ1) is 14.1. The third-order valence-electron chi connectivity index (χ3n) is 5.03. The average Bonchev–Trinajstić information content (AvgIpc) is 3.31. The molecule has 0 spiro atoms. The molecule has 1 atom stereocenters. The van der Waals surface area contributed by atoms with E-state index >= 15 is 0 Å². The normalized spacial score (nSPS) is 17.7. The molecule has 1 aromatic carbocycles. The van der Waals surface area contributed by atoms with Gasteiger partial charge in [-0.25, -0.2) is 9.37 Å². The van der Waals surface area contributed by atoms with E-state index in [2.05, 4.69) is 20.1 Å². The van der Waals surface area contributed by atoms with Crippen LogP contribution in [-0.4, -0.2) is 56.6 Å². The van der Waals surface area contributed by atoms with Crippen LogP contribution in [0.3, 0.4) is 0 Å². The van der Waals surface area contributed by atoms with Crippen molar-refractivity contribution in [1.29, 1.82) is 0 Å². The maximum absolute atomic E-state index is 13.1. The lowest BCUT2D eigenvalue weighted by Gasteiger charge is -2.33. The minimum absolute atomic E-state index is 0.00319. The van der Waals surface area contributed by atoms with Crippen molar-refractivity contribution in [1.82, 2.24) is 24.6 Å². The van der Waals surface area contributed by atoms with E-state index in [1.165, 1.54) is 18.5 Å². The van der Waals surface area contributed by atoms with Crippen molar-refractivity contribution < 1.29 is 13.5 Å². The second kappa shape index (κ2) is 9.06. The van der Waals surface area contributed by atoms with Gasteiger partial charge in [-0.15, -0.1) is 10.2 Å². The summed E-state index contributed by atoms with van der Waals surface area (Å²) in [6.45, 7) is 5.32. The van der Waals surface area contributed by atoms with E-state index in [1.807, 2.05) is 18.5 Å². The van der Waals surface area contributed by atoms with Crippen molar-refractivity contribution in [3.05, 3.63) is 47.7 Å². The maximum Gasteiger partial charge on any atom is 0.202 e. The van der Waals surface area contributed by atoms with E-state index in [0.717, 1.165) is 48.2 Å². The number of oxazole rings is 1. The van der Waals surface area contributed by atoms with Crippen LogP contribution < -0.4 is 0 Å². The SMILES string of the molecule is Cc1ncoc1-c1nnc(SCCCN2CCO[C@@H](c3ccc(F)cc3)C2)n1C. The van der Waals surface area contributed by atoms with Gasteiger partial charge in [0.1, 0.15) is 5.82 Å². The van der Waals surface area contributed by atoms with Crippen LogP contribution in [0.25, 0.3) is 11.6 Å². The molecule has 154 valence electrons. The Morgan fingerprint density at radius 2 is 2.07 bits per heavy atom. The minimum atomic E-state index is -0.219. The van der Waals surface area contributed by atoms with Crippen LogP contribution >= 0.6 is 11.8 Å². The smallest absolute Gasteiger partial charge is 0.202 e. The van der Waals surface area contributed by atoms with Gasteiger partial charge in [0.25, 0.3) is 0 Å². The summed E-state index contributed by atoms with van der Waals surface area (Å²) in [5, 5.41) is 9.38. The highest BCUT2D eigenvalue weighted by Gasteiger charge is 2.22. The first kappa shape index (κ1) is 20.1. The van der Waals surface area contributed by atoms with Crippen LogP contribution in [0.5, 0.6) is 0 Å². The lowest BCUT2D eigenvalue weighted by molar-refractivity contribution is -0.0297. The van der Waals surface area contributed by atoms with Crippen LogP contribution in [0.1, 0.15) is 23.8 Å². The number of benzene rings is 1. The summed E-state index contributed by atoms with van der Waals surface area (Å²) in [5.41, 5.74) is 1.83. The highest BCUT2D eigenvalue weighted by Crippen LogP contribution is 2.26. The van der Waals surface area contributed by atoms with Gasteiger partial charge in [-0.2, -0.15) is 0 Å². The summed E-state index contributed by atoms with van der Waals surface area (Å²) in [6.07, 6.45) is 2.46. The summed E-state index contributed by atoms with van der Waals surface area (Å²) in [6, 6.07) is 6.59. The molecule has 4 rings (SSSR count). The van der Waals surface area contributed by atoms with Gasteiger partial charge >= 0.3 is 0 Å². The fourth-order valence-corrected chi connectivity index (χ4v) is 4.23. The second-order valence-electron chi connectivity index (χ2n) is 7.05. The molecule has 3 aromatic rings. The molecule has 0 amide bonds. The fraction of sp³-hybridized carbons (Fsp3) is 0.450. The first-order valence-electron chi connectivity index (χ1n) is 9.64. The molecule has 2 aromatic heterocycles. The Bertz CT molecular complexity index is 943. The highest BCUT2D eigenvalue weighted by molar-refractivity contribution is 7.99. The summed E-state index contributed by atoms with van der Waals surface area (Å²) in [4.78, 5) is 6.51. The maximum atomic E-state index is 13.1. The average molecular weight is 418 g/mol. The summed E-state index contributed by atoms with van der Waals surface area (Å²) >= 11 is 1.69. The molecule has 1 fully saturated rings. The molecule has 0 aliphatic carbocycles. The Morgan fingerprint density at radius 3 is 2.83 bits per heavy atom. The highest BCUT2D eigenvalue weighted by atomic mass is 32.2. The number of nitrogens with zero attached hydrogens (tertiary/aromatic N) is 5. The molecule has 0 N–H and O–H groups in total. The zero-order valence-electron chi connectivity index (χ0n) is 16.5. The van der Waals surface area contributed by atoms with Crippen molar-refractivity contribution in [3.8, 4) is 11.6 Å². The van der Waals surface area contributed by atoms with Crippen LogP contribution in [0, 0.1) is 12.7 Å². The number of aryl methyl sites for hydroxylation is 1. The number of thioether (sulfide) groups is 1. The van der Waals surface area contributed by atoms with E-state index in [9.17, 15) is 4.39 Å². The van der Waals surface area contributed by atoms with E-state index in [1.54, 1.807) is 23.9 Å². The first-order valence-corrected chi connectivity index (χ1v) is 10.6. The zero-order chi connectivity index (χ0) is 20.2. The lowest BCUT2D eigenvalue weighted by atomic mass is 10.1. The number of ether oxygens (including phenoxy) is 1. The van der Waals surface area contributed by atoms with Crippen LogP contribution in [0.15, 0.2) is 40.2 Å². The number of halogens is 1. The van der Waals surface area contributed by atoms with Gasteiger partial charge in [0.05, 0.1) is 18.4 Å². The van der Waals surface area contributed by atoms with Gasteiger partial charge in [0.15, 0.2) is 17.3 Å². The minimum Gasteiger partial charge on any atom is -0.440 e. The van der Waals surface area contributed by atoms with Crippen LogP contribution in [0.2, 0.25) is 0 Å². The molecule has 0 bridgehead atoms. The van der Waals surface area contributed by atoms with Gasteiger partial charge in [-0.1, -0.05) is 23.9 Å². The van der Waals surface area contributed by atoms with Gasteiger partial charge < -0.3 is 13.7 Å². The molecule has 3 heterocycles.